The van der Waals surface area contributed by atoms with Crippen molar-refractivity contribution in [1.29, 1.82) is 0 Å². The molecule has 0 saturated heterocycles. The van der Waals surface area contributed by atoms with Crippen LogP contribution in [0.1, 0.15) is 5.56 Å². The molecule has 0 nitrogen and oxygen atoms in total. The Balaban J connectivity index is 2.86. The van der Waals surface area contributed by atoms with Crippen molar-refractivity contribution >= 4 is 21.4 Å². The summed E-state index contributed by atoms with van der Waals surface area (Å²) in [6.07, 6.45) is 0. The van der Waals surface area contributed by atoms with E-state index in [1.165, 1.54) is 15.6 Å². The number of rotatable bonds is 0. The Hall–Kier alpha value is -0.820. The fourth-order valence-corrected chi connectivity index (χ4v) is 1.72. The van der Waals surface area contributed by atoms with Gasteiger partial charge in [-0.25, -0.2) is 0 Å². The second-order valence-electron chi connectivity index (χ2n) is 2.38. The predicted octanol–water partition coefficient (Wildman–Crippen LogP) is 3.01. The maximum Gasteiger partial charge on any atom is 0.0349 e. The molecule has 49 valence electrons. The van der Waals surface area contributed by atoms with E-state index in [9.17, 15) is 0 Å². The van der Waals surface area contributed by atoms with Crippen molar-refractivity contribution < 1.29 is 0 Å². The number of hydrogen-bond acceptors (Lipinski definition) is 1. The van der Waals surface area contributed by atoms with Crippen LogP contribution in [0.5, 0.6) is 0 Å². The molecule has 0 bridgehead atoms. The summed E-state index contributed by atoms with van der Waals surface area (Å²) in [4.78, 5) is 0. The Morgan fingerprint density at radius 3 is 3.20 bits per heavy atom. The summed E-state index contributed by atoms with van der Waals surface area (Å²) in [6.45, 7) is 2.10. The van der Waals surface area contributed by atoms with E-state index in [1.807, 2.05) is 5.38 Å². The summed E-state index contributed by atoms with van der Waals surface area (Å²) in [7, 11) is 0. The second-order valence-corrected chi connectivity index (χ2v) is 3.29. The Kier molecular flexibility index (Phi) is 1.24. The standard InChI is InChI=1S/C9H7S/c1-7-2-3-9-8(6-7)4-5-10-9/h2-3,5-6H,1H3. The van der Waals surface area contributed by atoms with Crippen molar-refractivity contribution in [2.75, 3.05) is 0 Å². The van der Waals surface area contributed by atoms with E-state index in [0.29, 0.717) is 0 Å². The third-order valence-electron chi connectivity index (χ3n) is 1.54. The lowest BCUT2D eigenvalue weighted by molar-refractivity contribution is 1.51. The van der Waals surface area contributed by atoms with Crippen LogP contribution in [-0.2, 0) is 0 Å². The maximum absolute atomic E-state index is 3.18. The van der Waals surface area contributed by atoms with Gasteiger partial charge in [0.15, 0.2) is 0 Å². The molecule has 0 fully saturated rings. The molecular formula is C9H7S. The summed E-state index contributed by atoms with van der Waals surface area (Å²) in [5.74, 6) is 0. The minimum Gasteiger partial charge on any atom is -0.143 e. The SMILES string of the molecule is Cc1ccc2sc[c]c2c1. The molecule has 0 saturated carbocycles. The Morgan fingerprint density at radius 1 is 1.40 bits per heavy atom. The highest BCUT2D eigenvalue weighted by Gasteiger charge is 1.92. The third-order valence-corrected chi connectivity index (χ3v) is 2.38. The zero-order chi connectivity index (χ0) is 6.97. The summed E-state index contributed by atoms with van der Waals surface area (Å²) in [6, 6.07) is 9.61. The molecule has 1 radical (unpaired) electrons. The number of fused-ring (bicyclic) bond motifs is 1. The number of aryl methyl sites for hydroxylation is 1. The van der Waals surface area contributed by atoms with Gasteiger partial charge in [0.2, 0.25) is 0 Å². The minimum atomic E-state index is 1.24. The molecule has 1 aromatic carbocycles. The molecule has 2 aromatic rings. The molecule has 1 heteroatoms. The van der Waals surface area contributed by atoms with Crippen molar-refractivity contribution in [3.63, 3.8) is 0 Å². The van der Waals surface area contributed by atoms with Gasteiger partial charge in [-0.05, 0) is 24.4 Å². The van der Waals surface area contributed by atoms with Crippen LogP contribution in [0.3, 0.4) is 0 Å². The number of thiophene rings is 1. The Morgan fingerprint density at radius 2 is 2.30 bits per heavy atom. The molecule has 0 N–H and O–H groups in total. The third kappa shape index (κ3) is 0.830. The first kappa shape index (κ1) is 5.93. The summed E-state index contributed by atoms with van der Waals surface area (Å²) >= 11 is 1.74. The smallest absolute Gasteiger partial charge is 0.0349 e. The Labute approximate surface area is 64.1 Å². The van der Waals surface area contributed by atoms with Crippen LogP contribution in [-0.4, -0.2) is 0 Å². The molecule has 0 aliphatic heterocycles. The van der Waals surface area contributed by atoms with Gasteiger partial charge in [-0.15, -0.1) is 11.3 Å². The average molecular weight is 147 g/mol. The van der Waals surface area contributed by atoms with Crippen LogP contribution in [0.15, 0.2) is 23.6 Å². The molecule has 1 aromatic heterocycles. The molecule has 0 unspecified atom stereocenters. The van der Waals surface area contributed by atoms with Gasteiger partial charge in [0.1, 0.15) is 0 Å². The van der Waals surface area contributed by atoms with E-state index in [2.05, 4.69) is 31.2 Å². The molecule has 0 atom stereocenters. The first-order chi connectivity index (χ1) is 4.86. The monoisotopic (exact) mass is 147 g/mol. The van der Waals surface area contributed by atoms with E-state index in [-0.39, 0.29) is 0 Å². The number of hydrogen-bond donors (Lipinski definition) is 0. The van der Waals surface area contributed by atoms with E-state index < -0.39 is 0 Å². The van der Waals surface area contributed by atoms with Crippen molar-refractivity contribution in [2.45, 2.75) is 6.92 Å². The van der Waals surface area contributed by atoms with Gasteiger partial charge in [-0.3, -0.25) is 0 Å². The Bertz CT molecular complexity index is 346. The van der Waals surface area contributed by atoms with Crippen molar-refractivity contribution in [3.8, 4) is 0 Å². The van der Waals surface area contributed by atoms with Gasteiger partial charge in [-0.1, -0.05) is 11.6 Å². The van der Waals surface area contributed by atoms with Gasteiger partial charge >= 0.3 is 0 Å². The van der Waals surface area contributed by atoms with Gasteiger partial charge in [0, 0.05) is 16.2 Å². The predicted molar refractivity (Wildman–Crippen MR) is 45.4 cm³/mol. The van der Waals surface area contributed by atoms with Crippen LogP contribution < -0.4 is 0 Å². The number of benzene rings is 1. The van der Waals surface area contributed by atoms with Crippen LogP contribution in [0.25, 0.3) is 10.1 Å². The first-order valence-electron chi connectivity index (χ1n) is 3.22. The van der Waals surface area contributed by atoms with E-state index in [0.717, 1.165) is 0 Å². The fraction of sp³-hybridized carbons (Fsp3) is 0.111. The van der Waals surface area contributed by atoms with Gasteiger partial charge in [-0.2, -0.15) is 0 Å². The zero-order valence-electron chi connectivity index (χ0n) is 5.72. The van der Waals surface area contributed by atoms with Crippen molar-refractivity contribution in [3.05, 3.63) is 35.2 Å². The molecule has 0 aliphatic rings. The summed E-state index contributed by atoms with van der Waals surface area (Å²) in [5, 5.41) is 3.24. The van der Waals surface area contributed by atoms with Gasteiger partial charge < -0.3 is 0 Å². The summed E-state index contributed by atoms with van der Waals surface area (Å²) in [5.41, 5.74) is 1.31. The van der Waals surface area contributed by atoms with Crippen molar-refractivity contribution in [1.82, 2.24) is 0 Å². The topological polar surface area (TPSA) is 0 Å². The molecular weight excluding hydrogens is 140 g/mol. The van der Waals surface area contributed by atoms with Crippen LogP contribution in [0.2, 0.25) is 0 Å². The lowest BCUT2D eigenvalue weighted by atomic mass is 10.2. The quantitative estimate of drug-likeness (QED) is 0.537. The molecule has 10 heavy (non-hydrogen) atoms. The van der Waals surface area contributed by atoms with Gasteiger partial charge in [0.05, 0.1) is 0 Å². The molecule has 0 aliphatic carbocycles. The minimum absolute atomic E-state index is 1.24. The second kappa shape index (κ2) is 2.10. The van der Waals surface area contributed by atoms with Crippen LogP contribution >= 0.6 is 11.3 Å². The summed E-state index contributed by atoms with van der Waals surface area (Å²) < 4.78 is 1.32. The molecule has 0 spiro atoms. The molecule has 2 rings (SSSR count). The molecule has 0 amide bonds. The van der Waals surface area contributed by atoms with Crippen LogP contribution in [0, 0.1) is 13.0 Å². The van der Waals surface area contributed by atoms with Gasteiger partial charge in [0.25, 0.3) is 0 Å². The van der Waals surface area contributed by atoms with E-state index in [1.54, 1.807) is 11.3 Å². The van der Waals surface area contributed by atoms with E-state index >= 15 is 0 Å². The van der Waals surface area contributed by atoms with Crippen molar-refractivity contribution in [2.24, 2.45) is 0 Å². The maximum atomic E-state index is 3.18. The van der Waals surface area contributed by atoms with Crippen LogP contribution in [0.4, 0.5) is 0 Å². The normalized spacial score (nSPS) is 10.5. The highest BCUT2D eigenvalue weighted by atomic mass is 32.1. The van der Waals surface area contributed by atoms with E-state index in [4.69, 9.17) is 0 Å². The highest BCUT2D eigenvalue weighted by molar-refractivity contribution is 7.17. The molecule has 1 heterocycles. The fourth-order valence-electron chi connectivity index (χ4n) is 1.02. The zero-order valence-corrected chi connectivity index (χ0v) is 6.53. The largest absolute Gasteiger partial charge is 0.143 e. The lowest BCUT2D eigenvalue weighted by Crippen LogP contribution is -1.67. The lowest BCUT2D eigenvalue weighted by Gasteiger charge is -1.89. The highest BCUT2D eigenvalue weighted by Crippen LogP contribution is 2.20. The average Bonchev–Trinajstić information content (AvgIpc) is 2.33. The first-order valence-corrected chi connectivity index (χ1v) is 4.10.